The number of benzene rings is 1. The maximum atomic E-state index is 12.1. The summed E-state index contributed by atoms with van der Waals surface area (Å²) in [5, 5.41) is 2.93. The van der Waals surface area contributed by atoms with Gasteiger partial charge in [0.2, 0.25) is 10.0 Å². The van der Waals surface area contributed by atoms with Crippen molar-refractivity contribution in [3.8, 4) is 0 Å². The fourth-order valence-electron chi connectivity index (χ4n) is 2.81. The zero-order chi connectivity index (χ0) is 16.4. The van der Waals surface area contributed by atoms with Crippen molar-refractivity contribution in [3.05, 3.63) is 29.8 Å². The molecule has 6 nitrogen and oxygen atoms in total. The molecule has 1 amide bonds. The third-order valence-corrected chi connectivity index (χ3v) is 5.90. The number of nitrogens with one attached hydrogen (secondary N) is 2. The van der Waals surface area contributed by atoms with Gasteiger partial charge in [-0.2, -0.15) is 0 Å². The number of carbonyl (C=O) groups is 1. The Morgan fingerprint density at radius 3 is 2.48 bits per heavy atom. The van der Waals surface area contributed by atoms with Gasteiger partial charge < -0.3 is 10.2 Å². The van der Waals surface area contributed by atoms with Crippen LogP contribution in [0.15, 0.2) is 29.2 Å². The molecule has 1 atom stereocenters. The summed E-state index contributed by atoms with van der Waals surface area (Å²) in [5.41, 5.74) is 0.488. The lowest BCUT2D eigenvalue weighted by molar-refractivity contribution is 0.0947. The molecule has 1 aliphatic heterocycles. The van der Waals surface area contributed by atoms with Crippen molar-refractivity contribution in [2.45, 2.75) is 30.2 Å². The molecule has 1 saturated carbocycles. The van der Waals surface area contributed by atoms with Gasteiger partial charge in [0.15, 0.2) is 0 Å². The molecular formula is C16H23N3O3S. The van der Waals surface area contributed by atoms with E-state index in [4.69, 9.17) is 0 Å². The molecule has 1 aromatic carbocycles. The minimum atomic E-state index is -3.46. The monoisotopic (exact) mass is 337 g/mol. The lowest BCUT2D eigenvalue weighted by atomic mass is 10.1. The van der Waals surface area contributed by atoms with Gasteiger partial charge >= 0.3 is 0 Å². The molecule has 1 unspecified atom stereocenters. The van der Waals surface area contributed by atoms with Gasteiger partial charge in [0.05, 0.1) is 4.90 Å². The number of likely N-dealkylation sites (tertiary alicyclic amines) is 1. The van der Waals surface area contributed by atoms with Gasteiger partial charge in [-0.3, -0.25) is 4.79 Å². The van der Waals surface area contributed by atoms with E-state index in [0.717, 1.165) is 32.4 Å². The summed E-state index contributed by atoms with van der Waals surface area (Å²) in [4.78, 5) is 14.6. The largest absolute Gasteiger partial charge is 0.352 e. The molecule has 3 rings (SSSR count). The minimum absolute atomic E-state index is 0.0764. The Bertz CT molecular complexity index is 668. The highest BCUT2D eigenvalue weighted by atomic mass is 32.2. The SMILES string of the molecule is CN1CCC(CNC(=O)c2ccc(S(=O)(=O)NC3CC3)cc2)C1. The zero-order valence-corrected chi connectivity index (χ0v) is 14.1. The molecule has 1 saturated heterocycles. The Kier molecular flexibility index (Phi) is 4.70. The first-order valence-corrected chi connectivity index (χ1v) is 9.51. The highest BCUT2D eigenvalue weighted by molar-refractivity contribution is 7.89. The second-order valence-electron chi connectivity index (χ2n) is 6.55. The van der Waals surface area contributed by atoms with Gasteiger partial charge in [0, 0.05) is 24.7 Å². The predicted octanol–water partition coefficient (Wildman–Crippen LogP) is 0.809. The van der Waals surface area contributed by atoms with Gasteiger partial charge in [-0.15, -0.1) is 0 Å². The highest BCUT2D eigenvalue weighted by Crippen LogP contribution is 2.22. The van der Waals surface area contributed by atoms with E-state index in [1.54, 1.807) is 12.1 Å². The minimum Gasteiger partial charge on any atom is -0.352 e. The quantitative estimate of drug-likeness (QED) is 0.805. The number of hydrogen-bond acceptors (Lipinski definition) is 4. The van der Waals surface area contributed by atoms with Gasteiger partial charge in [0.25, 0.3) is 5.91 Å². The Morgan fingerprint density at radius 1 is 1.22 bits per heavy atom. The van der Waals surface area contributed by atoms with Crippen LogP contribution in [0, 0.1) is 5.92 Å². The number of rotatable bonds is 6. The van der Waals surface area contributed by atoms with Crippen LogP contribution >= 0.6 is 0 Å². The molecule has 0 aromatic heterocycles. The van der Waals surface area contributed by atoms with Crippen molar-refractivity contribution in [3.63, 3.8) is 0 Å². The molecule has 1 aliphatic carbocycles. The van der Waals surface area contributed by atoms with Crippen molar-refractivity contribution < 1.29 is 13.2 Å². The Balaban J connectivity index is 1.56. The number of nitrogens with zero attached hydrogens (tertiary/aromatic N) is 1. The van der Waals surface area contributed by atoms with Crippen molar-refractivity contribution in [1.82, 2.24) is 14.9 Å². The van der Waals surface area contributed by atoms with Gasteiger partial charge in [-0.25, -0.2) is 13.1 Å². The third kappa shape index (κ3) is 4.31. The van der Waals surface area contributed by atoms with E-state index in [1.807, 2.05) is 0 Å². The van der Waals surface area contributed by atoms with Crippen molar-refractivity contribution in [2.75, 3.05) is 26.7 Å². The van der Waals surface area contributed by atoms with Crippen molar-refractivity contribution in [2.24, 2.45) is 5.92 Å². The summed E-state index contributed by atoms with van der Waals surface area (Å²) < 4.78 is 26.8. The molecule has 2 aliphatic rings. The number of amides is 1. The van der Waals surface area contributed by atoms with E-state index in [1.165, 1.54) is 12.1 Å². The first-order valence-electron chi connectivity index (χ1n) is 8.03. The molecule has 0 radical (unpaired) electrons. The number of carbonyl (C=O) groups excluding carboxylic acids is 1. The van der Waals surface area contributed by atoms with E-state index in [2.05, 4.69) is 22.0 Å². The lowest BCUT2D eigenvalue weighted by Gasteiger charge is -2.12. The van der Waals surface area contributed by atoms with Gasteiger partial charge in [-0.1, -0.05) is 0 Å². The van der Waals surface area contributed by atoms with Crippen LogP contribution in [0.3, 0.4) is 0 Å². The Labute approximate surface area is 137 Å². The smallest absolute Gasteiger partial charge is 0.251 e. The van der Waals surface area contributed by atoms with Crippen LogP contribution in [0.2, 0.25) is 0 Å². The van der Waals surface area contributed by atoms with Crippen molar-refractivity contribution in [1.29, 1.82) is 0 Å². The molecule has 126 valence electrons. The van der Waals surface area contributed by atoms with E-state index >= 15 is 0 Å². The first kappa shape index (κ1) is 16.4. The molecule has 7 heteroatoms. The van der Waals surface area contributed by atoms with Gasteiger partial charge in [0.1, 0.15) is 0 Å². The van der Waals surface area contributed by atoms with Gasteiger partial charge in [-0.05, 0) is 63.0 Å². The maximum Gasteiger partial charge on any atom is 0.251 e. The average molecular weight is 337 g/mol. The normalized spacial score (nSPS) is 22.2. The molecule has 2 fully saturated rings. The zero-order valence-electron chi connectivity index (χ0n) is 13.3. The first-order chi connectivity index (χ1) is 10.9. The molecule has 1 aromatic rings. The Hall–Kier alpha value is -1.44. The number of sulfonamides is 1. The standard InChI is InChI=1S/C16H23N3O3S/c1-19-9-8-12(11-19)10-17-16(20)13-2-6-15(7-3-13)23(21,22)18-14-4-5-14/h2-3,6-7,12,14,18H,4-5,8-11H2,1H3,(H,17,20). The van der Waals surface area contributed by atoms with Crippen molar-refractivity contribution >= 4 is 15.9 Å². The maximum absolute atomic E-state index is 12.1. The summed E-state index contributed by atoms with van der Waals surface area (Å²) in [6, 6.07) is 6.19. The summed E-state index contributed by atoms with van der Waals surface area (Å²) in [7, 11) is -1.38. The second-order valence-corrected chi connectivity index (χ2v) is 8.26. The molecule has 2 N–H and O–H groups in total. The van der Waals surface area contributed by atoms with E-state index < -0.39 is 10.0 Å². The average Bonchev–Trinajstić information content (AvgIpc) is 3.23. The molecule has 0 spiro atoms. The van der Waals surface area contributed by atoms with Crippen LogP contribution in [-0.4, -0.2) is 51.9 Å². The molecule has 1 heterocycles. The topological polar surface area (TPSA) is 78.5 Å². The molecule has 23 heavy (non-hydrogen) atoms. The van der Waals surface area contributed by atoms with Crippen LogP contribution in [0.25, 0.3) is 0 Å². The number of hydrogen-bond donors (Lipinski definition) is 2. The molecule has 0 bridgehead atoms. The van der Waals surface area contributed by atoms with Crippen LogP contribution in [0.5, 0.6) is 0 Å². The summed E-state index contributed by atoms with van der Waals surface area (Å²) in [6.45, 7) is 2.73. The van der Waals surface area contributed by atoms with E-state index in [0.29, 0.717) is 18.0 Å². The Morgan fingerprint density at radius 2 is 1.91 bits per heavy atom. The van der Waals surface area contributed by atoms with E-state index in [-0.39, 0.29) is 16.8 Å². The van der Waals surface area contributed by atoms with Crippen LogP contribution in [-0.2, 0) is 10.0 Å². The summed E-state index contributed by atoms with van der Waals surface area (Å²) in [5.74, 6) is 0.338. The predicted molar refractivity (Wildman–Crippen MR) is 87.7 cm³/mol. The highest BCUT2D eigenvalue weighted by Gasteiger charge is 2.28. The lowest BCUT2D eigenvalue weighted by Crippen LogP contribution is -2.30. The molecular weight excluding hydrogens is 314 g/mol. The van der Waals surface area contributed by atoms with Crippen LogP contribution < -0.4 is 10.0 Å². The third-order valence-electron chi connectivity index (χ3n) is 4.37. The van der Waals surface area contributed by atoms with Crippen LogP contribution in [0.4, 0.5) is 0 Å². The summed E-state index contributed by atoms with van der Waals surface area (Å²) >= 11 is 0. The fourth-order valence-corrected chi connectivity index (χ4v) is 4.11. The second kappa shape index (κ2) is 6.59. The van der Waals surface area contributed by atoms with Crippen LogP contribution in [0.1, 0.15) is 29.6 Å². The summed E-state index contributed by atoms with van der Waals surface area (Å²) in [6.07, 6.45) is 2.90. The fraction of sp³-hybridized carbons (Fsp3) is 0.562. The van der Waals surface area contributed by atoms with E-state index in [9.17, 15) is 13.2 Å².